The van der Waals surface area contributed by atoms with Crippen LogP contribution in [0.3, 0.4) is 0 Å². The molecule has 1 N–H and O–H groups in total. The van der Waals surface area contributed by atoms with Crippen LogP contribution in [-0.4, -0.2) is 21.0 Å². The predicted octanol–water partition coefficient (Wildman–Crippen LogP) is 3.13. The van der Waals surface area contributed by atoms with E-state index < -0.39 is 0 Å². The summed E-state index contributed by atoms with van der Waals surface area (Å²) in [6.45, 7) is 5.80. The number of rotatable bonds is 3. The average Bonchev–Trinajstić information content (AvgIpc) is 2.84. The number of pyridine rings is 2. The van der Waals surface area contributed by atoms with Gasteiger partial charge in [-0.05, 0) is 44.5 Å². The van der Waals surface area contributed by atoms with Crippen molar-refractivity contribution in [3.63, 3.8) is 0 Å². The lowest BCUT2D eigenvalue weighted by Crippen LogP contribution is -2.23. The number of carbonyl (C=O) groups excluding carboxylic acids is 1. The van der Waals surface area contributed by atoms with E-state index in [1.54, 1.807) is 26.0 Å². The lowest BCUT2D eigenvalue weighted by Gasteiger charge is -2.08. The quantitative estimate of drug-likeness (QED) is 0.746. The second-order valence-corrected chi connectivity index (χ2v) is 5.77. The van der Waals surface area contributed by atoms with Crippen LogP contribution in [0.5, 0.6) is 0 Å². The van der Waals surface area contributed by atoms with Gasteiger partial charge in [0.2, 0.25) is 0 Å². The summed E-state index contributed by atoms with van der Waals surface area (Å²) in [6.07, 6.45) is 0. The minimum atomic E-state index is -0.211. The molecule has 0 aliphatic rings. The van der Waals surface area contributed by atoms with Gasteiger partial charge in [-0.2, -0.15) is 0 Å². The number of amides is 1. The van der Waals surface area contributed by atoms with Crippen molar-refractivity contribution in [3.8, 4) is 0 Å². The van der Waals surface area contributed by atoms with Crippen molar-refractivity contribution in [2.24, 2.45) is 0 Å². The first kappa shape index (κ1) is 15.4. The number of fused-ring (bicyclic) bond motifs is 1. The molecule has 0 aliphatic heterocycles. The van der Waals surface area contributed by atoms with E-state index in [4.69, 9.17) is 16.1 Å². The largest absolute Gasteiger partial charge is 0.348 e. The number of carbonyl (C=O) groups is 1. The third kappa shape index (κ3) is 3.17. The van der Waals surface area contributed by atoms with Gasteiger partial charge in [0.15, 0.2) is 0 Å². The smallest absolute Gasteiger partial charge is 0.258 e. The normalized spacial score (nSPS) is 11.0. The summed E-state index contributed by atoms with van der Waals surface area (Å²) in [5.41, 5.74) is 3.90. The van der Waals surface area contributed by atoms with E-state index in [1.165, 1.54) is 0 Å². The third-order valence-corrected chi connectivity index (χ3v) is 3.62. The molecule has 1 amide bonds. The van der Waals surface area contributed by atoms with E-state index in [0.29, 0.717) is 39.7 Å². The van der Waals surface area contributed by atoms with Crippen LogP contribution in [0.25, 0.3) is 11.1 Å². The van der Waals surface area contributed by atoms with Gasteiger partial charge in [0, 0.05) is 17.9 Å². The number of aryl methyl sites for hydroxylation is 3. The van der Waals surface area contributed by atoms with Crippen molar-refractivity contribution in [2.75, 3.05) is 0 Å². The molecule has 0 aromatic carbocycles. The predicted molar refractivity (Wildman–Crippen MR) is 86.4 cm³/mol. The van der Waals surface area contributed by atoms with E-state index >= 15 is 0 Å². The molecule has 0 unspecified atom stereocenters. The highest BCUT2D eigenvalue weighted by atomic mass is 35.5. The number of aromatic nitrogens is 3. The zero-order valence-electron chi connectivity index (χ0n) is 13.0. The Bertz CT molecular complexity index is 884. The van der Waals surface area contributed by atoms with Crippen molar-refractivity contribution in [3.05, 3.63) is 51.6 Å². The van der Waals surface area contributed by atoms with Crippen LogP contribution in [0.15, 0.2) is 22.7 Å². The molecule has 3 rings (SSSR count). The van der Waals surface area contributed by atoms with E-state index in [9.17, 15) is 4.79 Å². The highest BCUT2D eigenvalue weighted by Crippen LogP contribution is 2.22. The fourth-order valence-electron chi connectivity index (χ4n) is 2.47. The van der Waals surface area contributed by atoms with Crippen molar-refractivity contribution in [1.29, 1.82) is 0 Å². The van der Waals surface area contributed by atoms with Crippen LogP contribution < -0.4 is 5.32 Å². The van der Waals surface area contributed by atoms with Crippen LogP contribution in [0, 0.1) is 20.8 Å². The molecular weight excluding hydrogens is 316 g/mol. The monoisotopic (exact) mass is 330 g/mol. The first-order valence-electron chi connectivity index (χ1n) is 7.09. The number of hydrogen-bond acceptors (Lipinski definition) is 5. The molecule has 0 saturated carbocycles. The molecule has 118 valence electrons. The van der Waals surface area contributed by atoms with Gasteiger partial charge < -0.3 is 9.84 Å². The lowest BCUT2D eigenvalue weighted by atomic mass is 10.1. The number of hydrogen-bond donors (Lipinski definition) is 1. The maximum absolute atomic E-state index is 12.5. The van der Waals surface area contributed by atoms with Gasteiger partial charge in [-0.3, -0.25) is 4.79 Å². The number of nitrogens with one attached hydrogen (secondary N) is 1. The minimum absolute atomic E-state index is 0.211. The Kier molecular flexibility index (Phi) is 4.00. The highest BCUT2D eigenvalue weighted by molar-refractivity contribution is 6.29. The Morgan fingerprint density at radius 1 is 1.17 bits per heavy atom. The summed E-state index contributed by atoms with van der Waals surface area (Å²) < 4.78 is 5.15. The van der Waals surface area contributed by atoms with Gasteiger partial charge in [-0.1, -0.05) is 16.8 Å². The SMILES string of the molecule is Cc1cc(CNC(=O)c2cc(C)nc3onc(C)c23)cc(Cl)n1. The molecule has 0 radical (unpaired) electrons. The van der Waals surface area contributed by atoms with Gasteiger partial charge in [0.1, 0.15) is 5.15 Å². The molecule has 0 spiro atoms. The van der Waals surface area contributed by atoms with Gasteiger partial charge in [0.05, 0.1) is 16.6 Å². The number of nitrogens with zero attached hydrogens (tertiary/aromatic N) is 3. The van der Waals surface area contributed by atoms with Crippen LogP contribution in [0.1, 0.15) is 33.0 Å². The van der Waals surface area contributed by atoms with Gasteiger partial charge >= 0.3 is 0 Å². The molecule has 3 aromatic heterocycles. The summed E-state index contributed by atoms with van der Waals surface area (Å²) in [4.78, 5) is 20.9. The maximum Gasteiger partial charge on any atom is 0.258 e. The molecular formula is C16H15ClN4O2. The third-order valence-electron chi connectivity index (χ3n) is 3.42. The summed E-state index contributed by atoms with van der Waals surface area (Å²) in [7, 11) is 0. The zero-order chi connectivity index (χ0) is 16.6. The standard InChI is InChI=1S/C16H15ClN4O2/c1-8-4-11(6-13(17)19-8)7-18-15(22)12-5-9(2)20-16-14(12)10(3)21-23-16/h4-6H,7H2,1-3H3,(H,18,22). The Hall–Kier alpha value is -2.47. The van der Waals surface area contributed by atoms with E-state index in [0.717, 1.165) is 11.3 Å². The summed E-state index contributed by atoms with van der Waals surface area (Å²) in [5, 5.41) is 7.81. The van der Waals surface area contributed by atoms with Crippen LogP contribution in [-0.2, 0) is 6.54 Å². The average molecular weight is 331 g/mol. The molecule has 23 heavy (non-hydrogen) atoms. The van der Waals surface area contributed by atoms with Gasteiger partial charge in [-0.15, -0.1) is 0 Å². The van der Waals surface area contributed by atoms with E-state index in [-0.39, 0.29) is 5.91 Å². The molecule has 3 heterocycles. The van der Waals surface area contributed by atoms with E-state index in [2.05, 4.69) is 20.4 Å². The molecule has 3 aromatic rings. The zero-order valence-corrected chi connectivity index (χ0v) is 13.7. The Morgan fingerprint density at radius 3 is 2.65 bits per heavy atom. The Balaban J connectivity index is 1.87. The lowest BCUT2D eigenvalue weighted by molar-refractivity contribution is 0.0952. The van der Waals surface area contributed by atoms with Crippen LogP contribution in [0.2, 0.25) is 5.15 Å². The maximum atomic E-state index is 12.5. The second kappa shape index (κ2) is 5.96. The molecule has 0 bridgehead atoms. The molecule has 0 fully saturated rings. The van der Waals surface area contributed by atoms with Crippen molar-refractivity contribution >= 4 is 28.6 Å². The summed E-state index contributed by atoms with van der Waals surface area (Å²) in [6, 6.07) is 5.34. The molecule has 0 aliphatic carbocycles. The fraction of sp³-hybridized carbons (Fsp3) is 0.250. The molecule has 7 heteroatoms. The number of halogens is 1. The summed E-state index contributed by atoms with van der Waals surface area (Å²) >= 11 is 5.93. The van der Waals surface area contributed by atoms with Crippen molar-refractivity contribution < 1.29 is 9.32 Å². The second-order valence-electron chi connectivity index (χ2n) is 5.38. The minimum Gasteiger partial charge on any atom is -0.348 e. The Morgan fingerprint density at radius 2 is 1.91 bits per heavy atom. The van der Waals surface area contributed by atoms with Gasteiger partial charge in [-0.25, -0.2) is 9.97 Å². The Labute approximate surface area is 137 Å². The van der Waals surface area contributed by atoms with E-state index in [1.807, 2.05) is 13.0 Å². The van der Waals surface area contributed by atoms with Gasteiger partial charge in [0.25, 0.3) is 11.6 Å². The molecule has 0 saturated heterocycles. The molecule has 6 nitrogen and oxygen atoms in total. The first-order chi connectivity index (χ1) is 10.9. The van der Waals surface area contributed by atoms with Crippen molar-refractivity contribution in [1.82, 2.24) is 20.4 Å². The van der Waals surface area contributed by atoms with Crippen molar-refractivity contribution in [2.45, 2.75) is 27.3 Å². The van der Waals surface area contributed by atoms with Crippen LogP contribution in [0.4, 0.5) is 0 Å². The van der Waals surface area contributed by atoms with Crippen LogP contribution >= 0.6 is 11.6 Å². The highest BCUT2D eigenvalue weighted by Gasteiger charge is 2.17. The topological polar surface area (TPSA) is 80.9 Å². The fourth-order valence-corrected chi connectivity index (χ4v) is 2.75. The summed E-state index contributed by atoms with van der Waals surface area (Å²) in [5.74, 6) is -0.211. The first-order valence-corrected chi connectivity index (χ1v) is 7.46. The molecule has 0 atom stereocenters.